The van der Waals surface area contributed by atoms with Crippen LogP contribution in [0.3, 0.4) is 0 Å². The molecule has 3 atom stereocenters. The zero-order valence-electron chi connectivity index (χ0n) is 16.6. The molecule has 0 aromatic carbocycles. The van der Waals surface area contributed by atoms with Crippen LogP contribution in [0.5, 0.6) is 0 Å². The molecule has 162 valence electrons. The molecule has 0 spiro atoms. The Balaban J connectivity index is 1.45. The van der Waals surface area contributed by atoms with Gasteiger partial charge in [0, 0.05) is 6.42 Å². The van der Waals surface area contributed by atoms with Crippen molar-refractivity contribution in [2.24, 2.45) is 17.8 Å². The van der Waals surface area contributed by atoms with Crippen molar-refractivity contribution in [2.45, 2.75) is 108 Å². The topological polar surface area (TPSA) is 35.5 Å². The van der Waals surface area contributed by atoms with Gasteiger partial charge in [-0.2, -0.15) is 8.78 Å². The van der Waals surface area contributed by atoms with Gasteiger partial charge in [-0.15, -0.1) is 0 Å². The molecule has 28 heavy (non-hydrogen) atoms. The molecule has 0 bridgehead atoms. The first-order valence-corrected chi connectivity index (χ1v) is 10.8. The van der Waals surface area contributed by atoms with Gasteiger partial charge in [0.05, 0.1) is 17.9 Å². The van der Waals surface area contributed by atoms with Gasteiger partial charge in [0.25, 0.3) is 0 Å². The minimum absolute atomic E-state index is 0.140. The van der Waals surface area contributed by atoms with E-state index in [4.69, 9.17) is 9.47 Å². The average Bonchev–Trinajstić information content (AvgIpc) is 2.63. The molecule has 0 aliphatic heterocycles. The van der Waals surface area contributed by atoms with Crippen LogP contribution < -0.4 is 0 Å². The number of carbonyl (C=O) groups is 1. The normalized spacial score (nSPS) is 40.1. The number of alkyl halides is 4. The lowest BCUT2D eigenvalue weighted by molar-refractivity contribution is -0.303. The van der Waals surface area contributed by atoms with E-state index in [9.17, 15) is 22.4 Å². The van der Waals surface area contributed by atoms with Crippen LogP contribution in [-0.2, 0) is 14.3 Å². The lowest BCUT2D eigenvalue weighted by atomic mass is 9.82. The highest BCUT2D eigenvalue weighted by Crippen LogP contribution is 2.42. The van der Waals surface area contributed by atoms with Gasteiger partial charge in [-0.1, -0.05) is 19.8 Å². The van der Waals surface area contributed by atoms with E-state index in [1.807, 2.05) is 0 Å². The molecule has 3 saturated carbocycles. The highest BCUT2D eigenvalue weighted by Gasteiger charge is 2.46. The van der Waals surface area contributed by atoms with Crippen molar-refractivity contribution in [3.8, 4) is 0 Å². The highest BCUT2D eigenvalue weighted by atomic mass is 19.3. The summed E-state index contributed by atoms with van der Waals surface area (Å²) in [4.78, 5) is 12.3. The molecular weight excluding hydrogens is 376 g/mol. The van der Waals surface area contributed by atoms with E-state index in [-0.39, 0.29) is 25.4 Å². The maximum absolute atomic E-state index is 14.5. The molecule has 0 radical (unpaired) electrons. The first kappa shape index (κ1) is 21.8. The number of halogens is 4. The highest BCUT2D eigenvalue weighted by molar-refractivity contribution is 5.73. The van der Waals surface area contributed by atoms with Gasteiger partial charge in [-0.05, 0) is 57.3 Å². The third kappa shape index (κ3) is 5.61. The molecule has 0 heterocycles. The van der Waals surface area contributed by atoms with Gasteiger partial charge < -0.3 is 9.47 Å². The summed E-state index contributed by atoms with van der Waals surface area (Å²) in [5.74, 6) is -1.91. The fourth-order valence-electron chi connectivity index (χ4n) is 4.76. The smallest absolute Gasteiger partial charge is 0.358 e. The molecule has 3 aliphatic carbocycles. The second-order valence-corrected chi connectivity index (χ2v) is 9.00. The van der Waals surface area contributed by atoms with Crippen LogP contribution in [-0.4, -0.2) is 36.6 Å². The van der Waals surface area contributed by atoms with Crippen molar-refractivity contribution in [2.75, 3.05) is 0 Å². The molecule has 3 nitrogen and oxygen atoms in total. The summed E-state index contributed by atoms with van der Waals surface area (Å²) in [5, 5.41) is 0. The van der Waals surface area contributed by atoms with Crippen molar-refractivity contribution in [1.29, 1.82) is 0 Å². The first-order chi connectivity index (χ1) is 13.2. The van der Waals surface area contributed by atoms with Crippen LogP contribution in [0.4, 0.5) is 17.6 Å². The SMILES string of the molecule is CC1CCC(C(F)(F)OC2CCC(C(=O)OC3CCC(F)CC3)C(F)C2)CC1. The lowest BCUT2D eigenvalue weighted by Crippen LogP contribution is -2.43. The van der Waals surface area contributed by atoms with Gasteiger partial charge in [-0.25, -0.2) is 8.78 Å². The van der Waals surface area contributed by atoms with Gasteiger partial charge in [0.2, 0.25) is 0 Å². The van der Waals surface area contributed by atoms with E-state index in [0.717, 1.165) is 12.8 Å². The van der Waals surface area contributed by atoms with E-state index in [1.54, 1.807) is 0 Å². The van der Waals surface area contributed by atoms with E-state index in [2.05, 4.69) is 6.92 Å². The molecule has 0 aromatic heterocycles. The Morgan fingerprint density at radius 3 is 2.07 bits per heavy atom. The molecular formula is C21H32F4O3. The Morgan fingerprint density at radius 1 is 0.857 bits per heavy atom. The Kier molecular flexibility index (Phi) is 7.26. The van der Waals surface area contributed by atoms with Crippen LogP contribution in [0.1, 0.15) is 77.6 Å². The largest absolute Gasteiger partial charge is 0.462 e. The number of carbonyl (C=O) groups excluding carboxylic acids is 1. The standard InChI is InChI=1S/C21H32F4O3/c1-13-2-4-14(5-3-13)21(24,25)28-17-10-11-18(19(23)12-17)20(26)27-16-8-6-15(22)7-9-16/h13-19H,2-12H2,1H3. The van der Waals surface area contributed by atoms with Gasteiger partial charge >= 0.3 is 12.1 Å². The fraction of sp³-hybridized carbons (Fsp3) is 0.952. The molecule has 3 rings (SSSR count). The van der Waals surface area contributed by atoms with Crippen LogP contribution in [0.25, 0.3) is 0 Å². The minimum Gasteiger partial charge on any atom is -0.462 e. The lowest BCUT2D eigenvalue weighted by Gasteiger charge is -2.37. The number of hydrogen-bond donors (Lipinski definition) is 0. The minimum atomic E-state index is -3.25. The Labute approximate surface area is 164 Å². The number of esters is 1. The third-order valence-corrected chi connectivity index (χ3v) is 6.73. The van der Waals surface area contributed by atoms with E-state index in [0.29, 0.717) is 44.4 Å². The van der Waals surface area contributed by atoms with E-state index >= 15 is 0 Å². The van der Waals surface area contributed by atoms with Gasteiger partial charge in [-0.3, -0.25) is 4.79 Å². The van der Waals surface area contributed by atoms with Gasteiger partial charge in [0.1, 0.15) is 18.4 Å². The molecule has 3 fully saturated rings. The summed E-state index contributed by atoms with van der Waals surface area (Å²) < 4.78 is 67.1. The third-order valence-electron chi connectivity index (χ3n) is 6.73. The van der Waals surface area contributed by atoms with E-state index < -0.39 is 42.4 Å². The molecule has 0 aromatic rings. The van der Waals surface area contributed by atoms with Crippen LogP contribution in [0.2, 0.25) is 0 Å². The Morgan fingerprint density at radius 2 is 1.46 bits per heavy atom. The zero-order valence-corrected chi connectivity index (χ0v) is 16.6. The van der Waals surface area contributed by atoms with Crippen molar-refractivity contribution in [3.05, 3.63) is 0 Å². The molecule has 3 unspecified atom stereocenters. The second-order valence-electron chi connectivity index (χ2n) is 9.00. The molecule has 7 heteroatoms. The summed E-state index contributed by atoms with van der Waals surface area (Å²) in [6, 6.07) is 0. The van der Waals surface area contributed by atoms with Crippen molar-refractivity contribution < 1.29 is 31.8 Å². The molecule has 0 amide bonds. The maximum Gasteiger partial charge on any atom is 0.358 e. The van der Waals surface area contributed by atoms with Crippen LogP contribution in [0, 0.1) is 17.8 Å². The quantitative estimate of drug-likeness (QED) is 0.429. The maximum atomic E-state index is 14.5. The zero-order chi connectivity index (χ0) is 20.3. The second kappa shape index (κ2) is 9.31. The Hall–Kier alpha value is -0.850. The summed E-state index contributed by atoms with van der Waals surface area (Å²) in [5.41, 5.74) is 0. The van der Waals surface area contributed by atoms with Crippen molar-refractivity contribution in [1.82, 2.24) is 0 Å². The predicted molar refractivity (Wildman–Crippen MR) is 96.4 cm³/mol. The summed E-state index contributed by atoms with van der Waals surface area (Å²) >= 11 is 0. The number of hydrogen-bond acceptors (Lipinski definition) is 3. The molecule has 0 saturated heterocycles. The predicted octanol–water partition coefficient (Wildman–Crippen LogP) is 5.75. The summed E-state index contributed by atoms with van der Waals surface area (Å²) in [6.45, 7) is 2.06. The van der Waals surface area contributed by atoms with Crippen LogP contribution in [0.15, 0.2) is 0 Å². The first-order valence-electron chi connectivity index (χ1n) is 10.8. The van der Waals surface area contributed by atoms with Crippen LogP contribution >= 0.6 is 0 Å². The molecule has 0 N–H and O–H groups in total. The van der Waals surface area contributed by atoms with Gasteiger partial charge in [0.15, 0.2) is 0 Å². The van der Waals surface area contributed by atoms with Crippen molar-refractivity contribution >= 4 is 5.97 Å². The fourth-order valence-corrected chi connectivity index (χ4v) is 4.76. The summed E-state index contributed by atoms with van der Waals surface area (Å²) in [6.07, 6.45) is -2.76. The van der Waals surface area contributed by atoms with Crippen molar-refractivity contribution in [3.63, 3.8) is 0 Å². The number of rotatable bonds is 5. The molecule has 3 aliphatic rings. The van der Waals surface area contributed by atoms with E-state index in [1.165, 1.54) is 0 Å². The monoisotopic (exact) mass is 408 g/mol. The summed E-state index contributed by atoms with van der Waals surface area (Å²) in [7, 11) is 0. The average molecular weight is 408 g/mol. The Bertz CT molecular complexity index is 514. The number of ether oxygens (including phenoxy) is 2.